The molecule has 0 bridgehead atoms. The van der Waals surface area contributed by atoms with E-state index in [0.29, 0.717) is 0 Å². The fourth-order valence-electron chi connectivity index (χ4n) is 4.60. The minimum absolute atomic E-state index is 0.170. The summed E-state index contributed by atoms with van der Waals surface area (Å²) in [4.78, 5) is 0. The highest BCUT2D eigenvalue weighted by atomic mass is 14.4. The Morgan fingerprint density at radius 3 is 1.26 bits per heavy atom. The van der Waals surface area contributed by atoms with Crippen molar-refractivity contribution in [3.05, 3.63) is 118 Å². The topological polar surface area (TPSA) is 0 Å². The lowest BCUT2D eigenvalue weighted by Gasteiger charge is -2.42. The van der Waals surface area contributed by atoms with Gasteiger partial charge in [0.1, 0.15) is 0 Å². The number of allylic oxidation sites excluding steroid dienone is 8. The Morgan fingerprint density at radius 1 is 0.519 bits per heavy atom. The molecule has 0 unspecified atom stereocenters. The smallest absolute Gasteiger partial charge is 0.0627 e. The quantitative estimate of drug-likeness (QED) is 0.541. The van der Waals surface area contributed by atoms with Crippen molar-refractivity contribution >= 4 is 0 Å². The average Bonchev–Trinajstić information content (AvgIpc) is 2.73. The normalized spacial score (nSPS) is 17.6. The maximum absolute atomic E-state index is 2.39. The Balaban J connectivity index is 2.03. The van der Waals surface area contributed by atoms with E-state index in [1.54, 1.807) is 0 Å². The maximum atomic E-state index is 2.39. The lowest BCUT2D eigenvalue weighted by Crippen LogP contribution is -2.34. The fourth-order valence-corrected chi connectivity index (χ4v) is 4.60. The van der Waals surface area contributed by atoms with Gasteiger partial charge in [0.05, 0.1) is 5.41 Å². The highest BCUT2D eigenvalue weighted by molar-refractivity contribution is 5.60. The molecule has 2 aromatic rings. The fraction of sp³-hybridized carbons (Fsp3) is 0.259. The summed E-state index contributed by atoms with van der Waals surface area (Å²) in [5.74, 6) is 0. The predicted octanol–water partition coefficient (Wildman–Crippen LogP) is 7.31. The minimum atomic E-state index is -0.170. The zero-order valence-corrected chi connectivity index (χ0v) is 16.4. The number of hydrogen-bond donors (Lipinski definition) is 0. The number of hydrogen-bond acceptors (Lipinski definition) is 0. The van der Waals surface area contributed by atoms with Crippen LogP contribution in [0.2, 0.25) is 0 Å². The largest absolute Gasteiger partial charge is 0.0730 e. The van der Waals surface area contributed by atoms with Gasteiger partial charge in [0.15, 0.2) is 0 Å². The first-order valence-corrected chi connectivity index (χ1v) is 10.1. The second kappa shape index (κ2) is 7.56. The third-order valence-electron chi connectivity index (χ3n) is 6.09. The van der Waals surface area contributed by atoms with E-state index in [1.807, 2.05) is 0 Å². The SMILES string of the molecule is CC1=CC=C(C(C2=CC=C(C)CC2)(c2ccccc2)c2ccccc2)CC1. The van der Waals surface area contributed by atoms with Crippen LogP contribution in [0.15, 0.2) is 107 Å². The van der Waals surface area contributed by atoms with Crippen LogP contribution in [0.4, 0.5) is 0 Å². The van der Waals surface area contributed by atoms with Crippen molar-refractivity contribution in [2.24, 2.45) is 0 Å². The van der Waals surface area contributed by atoms with Gasteiger partial charge in [-0.3, -0.25) is 0 Å². The molecule has 4 rings (SSSR count). The summed E-state index contributed by atoms with van der Waals surface area (Å²) in [5.41, 5.74) is 8.58. The maximum Gasteiger partial charge on any atom is 0.0627 e. The molecule has 136 valence electrons. The van der Waals surface area contributed by atoms with E-state index in [9.17, 15) is 0 Å². The van der Waals surface area contributed by atoms with Crippen LogP contribution in [0.5, 0.6) is 0 Å². The summed E-state index contributed by atoms with van der Waals surface area (Å²) in [6.45, 7) is 4.48. The summed E-state index contributed by atoms with van der Waals surface area (Å²) in [5, 5.41) is 0. The molecule has 2 aliphatic rings. The Kier molecular flexibility index (Phi) is 4.99. The molecule has 2 aromatic carbocycles. The van der Waals surface area contributed by atoms with Crippen LogP contribution < -0.4 is 0 Å². The summed E-state index contributed by atoms with van der Waals surface area (Å²) >= 11 is 0. The van der Waals surface area contributed by atoms with Gasteiger partial charge in [-0.15, -0.1) is 0 Å². The molecule has 0 nitrogen and oxygen atoms in total. The Bertz CT molecular complexity index is 841. The Labute approximate surface area is 163 Å². The molecule has 0 heterocycles. The van der Waals surface area contributed by atoms with Crippen molar-refractivity contribution in [2.75, 3.05) is 0 Å². The molecule has 27 heavy (non-hydrogen) atoms. The standard InChI is InChI=1S/C27H28/c1-21-13-17-25(18-14-21)27(23-9-5-3-6-10-23,24-11-7-4-8-12-24)26-19-15-22(2)16-20-26/h3-13,15,17,19H,14,16,18,20H2,1-2H3. The van der Waals surface area contributed by atoms with Gasteiger partial charge in [-0.1, -0.05) is 107 Å². The van der Waals surface area contributed by atoms with Gasteiger partial charge in [-0.25, -0.2) is 0 Å². The summed E-state index contributed by atoms with van der Waals surface area (Å²) in [7, 11) is 0. The first-order chi connectivity index (χ1) is 13.2. The van der Waals surface area contributed by atoms with Crippen molar-refractivity contribution in [3.63, 3.8) is 0 Å². The van der Waals surface area contributed by atoms with E-state index in [2.05, 4.69) is 98.8 Å². The van der Waals surface area contributed by atoms with Crippen LogP contribution in [0.3, 0.4) is 0 Å². The highest BCUT2D eigenvalue weighted by Gasteiger charge is 2.41. The molecule has 0 amide bonds. The molecule has 0 saturated heterocycles. The monoisotopic (exact) mass is 352 g/mol. The third-order valence-corrected chi connectivity index (χ3v) is 6.09. The minimum Gasteiger partial charge on any atom is -0.0730 e. The molecule has 0 atom stereocenters. The van der Waals surface area contributed by atoms with Gasteiger partial charge < -0.3 is 0 Å². The van der Waals surface area contributed by atoms with Crippen LogP contribution in [-0.2, 0) is 5.41 Å². The average molecular weight is 353 g/mol. The van der Waals surface area contributed by atoms with Gasteiger partial charge in [0, 0.05) is 0 Å². The first-order valence-electron chi connectivity index (χ1n) is 10.1. The van der Waals surface area contributed by atoms with Crippen LogP contribution in [0.25, 0.3) is 0 Å². The van der Waals surface area contributed by atoms with E-state index in [-0.39, 0.29) is 5.41 Å². The second-order valence-electron chi connectivity index (χ2n) is 7.89. The van der Waals surface area contributed by atoms with Gasteiger partial charge in [0.2, 0.25) is 0 Å². The Morgan fingerprint density at radius 2 is 0.926 bits per heavy atom. The van der Waals surface area contributed by atoms with Crippen molar-refractivity contribution in [1.82, 2.24) is 0 Å². The van der Waals surface area contributed by atoms with Gasteiger partial charge >= 0.3 is 0 Å². The number of benzene rings is 2. The molecular formula is C27H28. The third kappa shape index (κ3) is 3.25. The van der Waals surface area contributed by atoms with Crippen molar-refractivity contribution in [3.8, 4) is 0 Å². The zero-order chi connectivity index (χ0) is 18.7. The molecule has 0 aliphatic heterocycles. The lowest BCUT2D eigenvalue weighted by molar-refractivity contribution is 0.620. The second-order valence-corrected chi connectivity index (χ2v) is 7.89. The van der Waals surface area contributed by atoms with E-state index in [4.69, 9.17) is 0 Å². The first kappa shape index (κ1) is 17.8. The molecule has 0 fully saturated rings. The Hall–Kier alpha value is -2.60. The summed E-state index contributed by atoms with van der Waals surface area (Å²) in [6.07, 6.45) is 14.0. The van der Waals surface area contributed by atoms with E-state index < -0.39 is 0 Å². The van der Waals surface area contributed by atoms with E-state index >= 15 is 0 Å². The van der Waals surface area contributed by atoms with Crippen LogP contribution in [-0.4, -0.2) is 0 Å². The van der Waals surface area contributed by atoms with E-state index in [0.717, 1.165) is 25.7 Å². The predicted molar refractivity (Wildman–Crippen MR) is 116 cm³/mol. The summed E-state index contributed by atoms with van der Waals surface area (Å²) < 4.78 is 0. The number of rotatable bonds is 4. The van der Waals surface area contributed by atoms with Crippen LogP contribution in [0.1, 0.15) is 50.7 Å². The van der Waals surface area contributed by atoms with Crippen LogP contribution >= 0.6 is 0 Å². The zero-order valence-electron chi connectivity index (χ0n) is 16.4. The highest BCUT2D eigenvalue weighted by Crippen LogP contribution is 2.50. The molecule has 0 heteroatoms. The van der Waals surface area contributed by atoms with Gasteiger partial charge in [0.25, 0.3) is 0 Å². The van der Waals surface area contributed by atoms with Crippen LogP contribution in [0, 0.1) is 0 Å². The summed E-state index contributed by atoms with van der Waals surface area (Å²) in [6, 6.07) is 22.2. The van der Waals surface area contributed by atoms with Gasteiger partial charge in [-0.05, 0) is 50.7 Å². The lowest BCUT2D eigenvalue weighted by atomic mass is 9.60. The van der Waals surface area contributed by atoms with Crippen molar-refractivity contribution in [1.29, 1.82) is 0 Å². The molecule has 0 saturated carbocycles. The molecule has 0 spiro atoms. The molecule has 0 N–H and O–H groups in total. The van der Waals surface area contributed by atoms with Crippen molar-refractivity contribution in [2.45, 2.75) is 44.9 Å². The molecule has 0 radical (unpaired) electrons. The molecule has 0 aromatic heterocycles. The van der Waals surface area contributed by atoms with Gasteiger partial charge in [-0.2, -0.15) is 0 Å². The van der Waals surface area contributed by atoms with E-state index in [1.165, 1.54) is 33.4 Å². The molecule has 2 aliphatic carbocycles. The van der Waals surface area contributed by atoms with Crippen molar-refractivity contribution < 1.29 is 0 Å². The molecular weight excluding hydrogens is 324 g/mol.